The molecule has 2 heterocycles. The molecule has 0 N–H and O–H groups in total. The molecule has 6 atom stereocenters. The summed E-state index contributed by atoms with van der Waals surface area (Å²) >= 11 is 0. The Morgan fingerprint density at radius 1 is 1.16 bits per heavy atom. The largest absolute Gasteiger partial charge is 0.493 e. The fourth-order valence-electron chi connectivity index (χ4n) is 5.77. The highest BCUT2D eigenvalue weighted by Gasteiger charge is 2.72. The van der Waals surface area contributed by atoms with Gasteiger partial charge in [-0.3, -0.25) is 0 Å². The molecule has 8 nitrogen and oxygen atoms in total. The molecule has 1 aliphatic carbocycles. The van der Waals surface area contributed by atoms with Crippen molar-refractivity contribution in [3.05, 3.63) is 35.4 Å². The van der Waals surface area contributed by atoms with Crippen LogP contribution in [0.2, 0.25) is 0 Å². The van der Waals surface area contributed by atoms with Crippen molar-refractivity contribution < 1.29 is 38.0 Å². The van der Waals surface area contributed by atoms with Gasteiger partial charge in [0.1, 0.15) is 23.4 Å². The minimum atomic E-state index is -0.438. The summed E-state index contributed by atoms with van der Waals surface area (Å²) in [6, 6.07) is 3.59. The van der Waals surface area contributed by atoms with E-state index in [2.05, 4.69) is 26.8 Å². The highest BCUT2D eigenvalue weighted by atomic mass is 16.6. The van der Waals surface area contributed by atoms with Gasteiger partial charge in [-0.05, 0) is 77.7 Å². The number of hydrogen-bond acceptors (Lipinski definition) is 8. The predicted octanol–water partition coefficient (Wildman–Crippen LogP) is 5.12. The van der Waals surface area contributed by atoms with Crippen molar-refractivity contribution in [2.24, 2.45) is 5.92 Å². The number of ether oxygens (including phenoxy) is 7. The zero-order valence-electron chi connectivity index (χ0n) is 23.9. The number of methoxy groups -OCH3 is 3. The van der Waals surface area contributed by atoms with E-state index in [1.165, 1.54) is 11.6 Å². The first-order valence-electron chi connectivity index (χ1n) is 13.4. The number of epoxide rings is 2. The Labute approximate surface area is 226 Å². The van der Waals surface area contributed by atoms with Gasteiger partial charge in [-0.1, -0.05) is 11.6 Å². The Morgan fingerprint density at radius 3 is 2.34 bits per heavy atom. The zero-order valence-corrected chi connectivity index (χ0v) is 23.9. The van der Waals surface area contributed by atoms with Crippen molar-refractivity contribution in [2.45, 2.75) is 89.5 Å². The smallest absolute Gasteiger partial charge is 0.331 e. The van der Waals surface area contributed by atoms with Crippen LogP contribution in [-0.2, 0) is 23.7 Å². The summed E-state index contributed by atoms with van der Waals surface area (Å²) in [5, 5.41) is 0. The maximum Gasteiger partial charge on any atom is 0.331 e. The van der Waals surface area contributed by atoms with Gasteiger partial charge in [-0.25, -0.2) is 4.79 Å². The number of rotatable bonds is 11. The first-order valence-corrected chi connectivity index (χ1v) is 13.4. The molecule has 3 unspecified atom stereocenters. The third-order valence-corrected chi connectivity index (χ3v) is 7.75. The van der Waals surface area contributed by atoms with E-state index >= 15 is 0 Å². The van der Waals surface area contributed by atoms with Crippen molar-refractivity contribution in [1.82, 2.24) is 0 Å². The molecule has 210 valence electrons. The normalized spacial score (nSPS) is 31.8. The van der Waals surface area contributed by atoms with E-state index in [4.69, 9.17) is 33.2 Å². The molecule has 2 saturated heterocycles. The zero-order chi connectivity index (χ0) is 27.7. The van der Waals surface area contributed by atoms with E-state index in [-0.39, 0.29) is 35.4 Å². The molecule has 0 bridgehead atoms. The number of benzene rings is 1. The van der Waals surface area contributed by atoms with Crippen LogP contribution in [0.3, 0.4) is 0 Å². The maximum absolute atomic E-state index is 12.9. The summed E-state index contributed by atoms with van der Waals surface area (Å²) in [6.45, 7) is 10.9. The van der Waals surface area contributed by atoms with Crippen molar-refractivity contribution in [3.63, 3.8) is 0 Å². The molecular weight excluding hydrogens is 488 g/mol. The number of carbonyl (C=O) groups excluding carboxylic acids is 1. The van der Waals surface area contributed by atoms with E-state index in [1.807, 2.05) is 13.8 Å². The molecule has 8 heteroatoms. The van der Waals surface area contributed by atoms with Gasteiger partial charge in [0.25, 0.3) is 0 Å². The van der Waals surface area contributed by atoms with Crippen LogP contribution >= 0.6 is 0 Å². The molecule has 1 aromatic rings. The number of carbonyl (C=O) groups is 1. The number of hydrogen-bond donors (Lipinski definition) is 0. The van der Waals surface area contributed by atoms with Crippen molar-refractivity contribution >= 4 is 12.0 Å². The fraction of sp³-hybridized carbons (Fsp3) is 0.633. The molecule has 3 fully saturated rings. The molecule has 0 radical (unpaired) electrons. The molecule has 4 rings (SSSR count). The van der Waals surface area contributed by atoms with E-state index in [1.54, 1.807) is 39.5 Å². The second kappa shape index (κ2) is 11.3. The monoisotopic (exact) mass is 530 g/mol. The average molecular weight is 531 g/mol. The molecule has 1 spiro atoms. The van der Waals surface area contributed by atoms with Gasteiger partial charge < -0.3 is 33.2 Å². The standard InChI is InChI=1S/C30H42O8/c1-18(2)9-11-24-29(5,38-24)28-27(34-8)21(13-14-30(28)17-35-30)37-25(31)12-10-20-15-22(32-6)26(36-19(3)4)23(16-20)33-7/h9-10,12,15-16,19,21,24,27-28H,11,13-14,17H2,1-8H3/b12-10+/t21-,24?,27-,28-,29?,30?/m1/s1. The summed E-state index contributed by atoms with van der Waals surface area (Å²) in [5.74, 6) is 1.11. The van der Waals surface area contributed by atoms with Crippen LogP contribution < -0.4 is 14.2 Å². The van der Waals surface area contributed by atoms with Crippen molar-refractivity contribution in [1.29, 1.82) is 0 Å². The molecule has 38 heavy (non-hydrogen) atoms. The predicted molar refractivity (Wildman–Crippen MR) is 144 cm³/mol. The average Bonchev–Trinajstić information content (AvgIpc) is 3.79. The lowest BCUT2D eigenvalue weighted by Gasteiger charge is -2.42. The van der Waals surface area contributed by atoms with Crippen LogP contribution in [0.15, 0.2) is 29.9 Å². The van der Waals surface area contributed by atoms with E-state index in [0.29, 0.717) is 30.3 Å². The van der Waals surface area contributed by atoms with E-state index < -0.39 is 12.1 Å². The van der Waals surface area contributed by atoms with Gasteiger partial charge in [0.15, 0.2) is 11.5 Å². The first kappa shape index (κ1) is 28.5. The Kier molecular flexibility index (Phi) is 8.45. The van der Waals surface area contributed by atoms with Gasteiger partial charge in [0.2, 0.25) is 5.75 Å². The molecule has 1 saturated carbocycles. The molecule has 0 aromatic heterocycles. The lowest BCUT2D eigenvalue weighted by molar-refractivity contribution is -0.166. The van der Waals surface area contributed by atoms with Crippen LogP contribution in [0.4, 0.5) is 0 Å². The highest BCUT2D eigenvalue weighted by Crippen LogP contribution is 2.59. The third-order valence-electron chi connectivity index (χ3n) is 7.75. The summed E-state index contributed by atoms with van der Waals surface area (Å²) in [6.07, 6.45) is 6.97. The van der Waals surface area contributed by atoms with Gasteiger partial charge in [0, 0.05) is 13.2 Å². The topological polar surface area (TPSA) is 88.3 Å². The lowest BCUT2D eigenvalue weighted by atomic mass is 9.68. The Bertz CT molecular complexity index is 1040. The summed E-state index contributed by atoms with van der Waals surface area (Å²) in [4.78, 5) is 12.9. The lowest BCUT2D eigenvalue weighted by Crippen LogP contribution is -2.55. The molecule has 2 aliphatic heterocycles. The molecular formula is C30H42O8. The Morgan fingerprint density at radius 2 is 1.82 bits per heavy atom. The molecule has 0 amide bonds. The van der Waals surface area contributed by atoms with E-state index in [9.17, 15) is 4.79 Å². The first-order chi connectivity index (χ1) is 18.1. The maximum atomic E-state index is 12.9. The van der Waals surface area contributed by atoms with Crippen LogP contribution in [-0.4, -0.2) is 69.5 Å². The summed E-state index contributed by atoms with van der Waals surface area (Å²) in [5.41, 5.74) is 1.35. The number of allylic oxidation sites excluding steroid dienone is 1. The molecule has 1 aromatic carbocycles. The fourth-order valence-corrected chi connectivity index (χ4v) is 5.77. The number of esters is 1. The Hall–Kier alpha value is -2.55. The summed E-state index contributed by atoms with van der Waals surface area (Å²) in [7, 11) is 4.81. The second-order valence-corrected chi connectivity index (χ2v) is 11.1. The summed E-state index contributed by atoms with van der Waals surface area (Å²) < 4.78 is 41.0. The van der Waals surface area contributed by atoms with Gasteiger partial charge in [-0.2, -0.15) is 0 Å². The third kappa shape index (κ3) is 5.87. The van der Waals surface area contributed by atoms with Crippen LogP contribution in [0.1, 0.15) is 59.4 Å². The van der Waals surface area contributed by atoms with Gasteiger partial charge in [0.05, 0.1) is 39.0 Å². The van der Waals surface area contributed by atoms with Crippen LogP contribution in [0.5, 0.6) is 17.2 Å². The van der Waals surface area contributed by atoms with Crippen molar-refractivity contribution in [3.8, 4) is 17.2 Å². The minimum absolute atomic E-state index is 0.0203. The SMILES string of the molecule is COc1cc(/C=C/C(=O)O[C@@H]2CCC3(CO3)[C@@H](C3(C)OC3CC=C(C)C)[C@@H]2OC)cc(OC)c1OC(C)C. The second-order valence-electron chi connectivity index (χ2n) is 11.1. The van der Waals surface area contributed by atoms with Crippen LogP contribution in [0.25, 0.3) is 6.08 Å². The minimum Gasteiger partial charge on any atom is -0.493 e. The quantitative estimate of drug-likeness (QED) is 0.169. The van der Waals surface area contributed by atoms with Gasteiger partial charge in [-0.15, -0.1) is 0 Å². The van der Waals surface area contributed by atoms with Crippen molar-refractivity contribution in [2.75, 3.05) is 27.9 Å². The highest BCUT2D eigenvalue weighted by molar-refractivity contribution is 5.87. The molecule has 3 aliphatic rings. The van der Waals surface area contributed by atoms with Crippen LogP contribution in [0, 0.1) is 5.92 Å². The van der Waals surface area contributed by atoms with Gasteiger partial charge >= 0.3 is 5.97 Å². The van der Waals surface area contributed by atoms with E-state index in [0.717, 1.165) is 18.4 Å². The Balaban J connectivity index is 1.47.